The molecule has 146 valence electrons. The van der Waals surface area contributed by atoms with Crippen LogP contribution in [0, 0.1) is 0 Å². The minimum Gasteiger partial charge on any atom is -0.506 e. The lowest BCUT2D eigenvalue weighted by Gasteiger charge is -2.20. The standard InChI is InChI=1S/C20H26N2O5/c1-6-7-9-12-15(16-13(26-4)10-8-11-14(16)27-5)18(23)17(19(24)21-12)20(25)22(2)3/h8,10-11H,6-7,9H2,1-5H3,(H2,21,23,24). The molecule has 0 aliphatic rings. The Morgan fingerprint density at radius 1 is 1.15 bits per heavy atom. The first-order valence-corrected chi connectivity index (χ1v) is 8.78. The van der Waals surface area contributed by atoms with Crippen LogP contribution in [0.15, 0.2) is 23.0 Å². The Morgan fingerprint density at radius 2 is 1.74 bits per heavy atom. The van der Waals surface area contributed by atoms with E-state index >= 15 is 0 Å². The summed E-state index contributed by atoms with van der Waals surface area (Å²) in [7, 11) is 6.07. The summed E-state index contributed by atoms with van der Waals surface area (Å²) in [5.74, 6) is -0.00680. The number of hydrogen-bond donors (Lipinski definition) is 2. The second-order valence-corrected chi connectivity index (χ2v) is 6.37. The molecule has 2 rings (SSSR count). The van der Waals surface area contributed by atoms with E-state index in [2.05, 4.69) is 4.98 Å². The van der Waals surface area contributed by atoms with E-state index in [1.807, 2.05) is 6.92 Å². The minimum absolute atomic E-state index is 0.303. The van der Waals surface area contributed by atoms with Crippen molar-refractivity contribution in [3.8, 4) is 28.4 Å². The number of methoxy groups -OCH3 is 2. The number of benzene rings is 1. The Labute approximate surface area is 158 Å². The Balaban J connectivity index is 2.91. The molecule has 27 heavy (non-hydrogen) atoms. The maximum Gasteiger partial charge on any atom is 0.264 e. The average Bonchev–Trinajstić information content (AvgIpc) is 2.65. The third-order valence-corrected chi connectivity index (χ3v) is 4.35. The van der Waals surface area contributed by atoms with Crippen LogP contribution in [-0.4, -0.2) is 49.2 Å². The molecule has 0 saturated heterocycles. The number of nitrogens with zero attached hydrogens (tertiary/aromatic N) is 1. The summed E-state index contributed by atoms with van der Waals surface area (Å²) in [5, 5.41) is 11.0. The van der Waals surface area contributed by atoms with Gasteiger partial charge in [-0.15, -0.1) is 0 Å². The fraction of sp³-hybridized carbons (Fsp3) is 0.400. The number of pyridine rings is 1. The maximum absolute atomic E-state index is 12.5. The van der Waals surface area contributed by atoms with Crippen molar-refractivity contribution in [1.29, 1.82) is 0 Å². The number of H-pyrrole nitrogens is 1. The molecule has 0 bridgehead atoms. The first-order valence-electron chi connectivity index (χ1n) is 8.78. The van der Waals surface area contributed by atoms with Gasteiger partial charge in [0.05, 0.1) is 25.3 Å². The number of hydrogen-bond acceptors (Lipinski definition) is 5. The molecular weight excluding hydrogens is 348 g/mol. The van der Waals surface area contributed by atoms with Gasteiger partial charge in [0, 0.05) is 19.8 Å². The second-order valence-electron chi connectivity index (χ2n) is 6.37. The van der Waals surface area contributed by atoms with E-state index in [1.54, 1.807) is 18.2 Å². The molecule has 0 radical (unpaired) electrons. The lowest BCUT2D eigenvalue weighted by molar-refractivity contribution is 0.0823. The van der Waals surface area contributed by atoms with Crippen LogP contribution >= 0.6 is 0 Å². The SMILES string of the molecule is CCCCc1[nH]c(=O)c(C(=O)N(C)C)c(O)c1-c1c(OC)cccc1OC. The number of nitrogens with one attached hydrogen (secondary N) is 1. The summed E-state index contributed by atoms with van der Waals surface area (Å²) >= 11 is 0. The van der Waals surface area contributed by atoms with Gasteiger partial charge >= 0.3 is 0 Å². The van der Waals surface area contributed by atoms with E-state index in [9.17, 15) is 14.7 Å². The Kier molecular flexibility index (Phi) is 6.50. The second kappa shape index (κ2) is 8.62. The smallest absolute Gasteiger partial charge is 0.264 e. The van der Waals surface area contributed by atoms with Gasteiger partial charge in [-0.05, 0) is 25.0 Å². The van der Waals surface area contributed by atoms with E-state index in [1.165, 1.54) is 33.2 Å². The van der Waals surface area contributed by atoms with Crippen LogP contribution < -0.4 is 15.0 Å². The highest BCUT2D eigenvalue weighted by Gasteiger charge is 2.27. The summed E-state index contributed by atoms with van der Waals surface area (Å²) in [6, 6.07) is 5.24. The highest BCUT2D eigenvalue weighted by Crippen LogP contribution is 2.44. The lowest BCUT2D eigenvalue weighted by Crippen LogP contribution is -2.29. The summed E-state index contributed by atoms with van der Waals surface area (Å²) in [5.41, 5.74) is 0.466. The van der Waals surface area contributed by atoms with Gasteiger partial charge in [-0.3, -0.25) is 9.59 Å². The van der Waals surface area contributed by atoms with E-state index in [4.69, 9.17) is 9.47 Å². The van der Waals surface area contributed by atoms with E-state index in [0.717, 1.165) is 12.8 Å². The molecule has 0 fully saturated rings. The highest BCUT2D eigenvalue weighted by molar-refractivity contribution is 5.99. The van der Waals surface area contributed by atoms with Gasteiger partial charge in [-0.2, -0.15) is 0 Å². The highest BCUT2D eigenvalue weighted by atomic mass is 16.5. The largest absolute Gasteiger partial charge is 0.506 e. The summed E-state index contributed by atoms with van der Waals surface area (Å²) < 4.78 is 10.9. The molecule has 0 unspecified atom stereocenters. The van der Waals surface area contributed by atoms with Crippen LogP contribution in [0.2, 0.25) is 0 Å². The van der Waals surface area contributed by atoms with E-state index in [0.29, 0.717) is 34.7 Å². The fourth-order valence-corrected chi connectivity index (χ4v) is 2.97. The van der Waals surface area contributed by atoms with Gasteiger partial charge in [0.25, 0.3) is 11.5 Å². The first-order chi connectivity index (χ1) is 12.9. The van der Waals surface area contributed by atoms with Gasteiger partial charge in [0.15, 0.2) is 0 Å². The molecule has 1 amide bonds. The topological polar surface area (TPSA) is 91.9 Å². The normalized spacial score (nSPS) is 10.6. The van der Waals surface area contributed by atoms with Crippen molar-refractivity contribution in [3.63, 3.8) is 0 Å². The molecule has 7 nitrogen and oxygen atoms in total. The van der Waals surface area contributed by atoms with Crippen molar-refractivity contribution in [3.05, 3.63) is 39.8 Å². The molecule has 2 aromatic rings. The molecule has 1 aromatic carbocycles. The lowest BCUT2D eigenvalue weighted by atomic mass is 9.95. The maximum atomic E-state index is 12.5. The van der Waals surface area contributed by atoms with E-state index < -0.39 is 11.5 Å². The van der Waals surface area contributed by atoms with Crippen molar-refractivity contribution in [1.82, 2.24) is 9.88 Å². The number of rotatable bonds is 7. The number of aryl methyl sites for hydroxylation is 1. The quantitative estimate of drug-likeness (QED) is 0.777. The Bertz CT molecular complexity index is 864. The fourth-order valence-electron chi connectivity index (χ4n) is 2.97. The predicted octanol–water partition coefficient (Wildman–Crippen LogP) is 2.81. The molecule has 0 saturated carbocycles. The summed E-state index contributed by atoms with van der Waals surface area (Å²) in [6.45, 7) is 2.03. The van der Waals surface area contributed by atoms with Gasteiger partial charge in [0.1, 0.15) is 22.8 Å². The van der Waals surface area contributed by atoms with Gasteiger partial charge < -0.3 is 24.5 Å². The third-order valence-electron chi connectivity index (χ3n) is 4.35. The molecule has 2 N–H and O–H groups in total. The monoisotopic (exact) mass is 374 g/mol. The van der Waals surface area contributed by atoms with Crippen LogP contribution in [0.4, 0.5) is 0 Å². The predicted molar refractivity (Wildman–Crippen MR) is 104 cm³/mol. The molecular formula is C20H26N2O5. The van der Waals surface area contributed by atoms with Crippen molar-refractivity contribution in [2.45, 2.75) is 26.2 Å². The Hall–Kier alpha value is -2.96. The first kappa shape index (κ1) is 20.4. The van der Waals surface area contributed by atoms with E-state index in [-0.39, 0.29) is 11.3 Å². The number of carbonyl (C=O) groups is 1. The average molecular weight is 374 g/mol. The minimum atomic E-state index is -0.616. The van der Waals surface area contributed by atoms with Crippen LogP contribution in [0.3, 0.4) is 0 Å². The molecule has 0 aliphatic carbocycles. The number of aromatic hydroxyl groups is 1. The number of aromatic nitrogens is 1. The van der Waals surface area contributed by atoms with Gasteiger partial charge in [0.2, 0.25) is 0 Å². The molecule has 0 atom stereocenters. The van der Waals surface area contributed by atoms with Crippen LogP contribution in [0.1, 0.15) is 35.8 Å². The Morgan fingerprint density at radius 3 is 2.22 bits per heavy atom. The molecule has 1 heterocycles. The van der Waals surface area contributed by atoms with Gasteiger partial charge in [-0.1, -0.05) is 19.4 Å². The zero-order valence-electron chi connectivity index (χ0n) is 16.4. The van der Waals surface area contributed by atoms with Crippen LogP contribution in [0.5, 0.6) is 17.2 Å². The van der Waals surface area contributed by atoms with Crippen molar-refractivity contribution >= 4 is 5.91 Å². The van der Waals surface area contributed by atoms with Crippen LogP contribution in [0.25, 0.3) is 11.1 Å². The van der Waals surface area contributed by atoms with Crippen molar-refractivity contribution in [2.24, 2.45) is 0 Å². The van der Waals surface area contributed by atoms with Crippen molar-refractivity contribution < 1.29 is 19.4 Å². The van der Waals surface area contributed by atoms with Crippen molar-refractivity contribution in [2.75, 3.05) is 28.3 Å². The summed E-state index contributed by atoms with van der Waals surface area (Å²) in [4.78, 5) is 29.1. The van der Waals surface area contributed by atoms with Crippen LogP contribution in [-0.2, 0) is 6.42 Å². The third kappa shape index (κ3) is 3.92. The number of aromatic amines is 1. The molecule has 7 heteroatoms. The molecule has 0 spiro atoms. The number of carbonyl (C=O) groups excluding carboxylic acids is 1. The number of ether oxygens (including phenoxy) is 2. The van der Waals surface area contributed by atoms with Gasteiger partial charge in [-0.25, -0.2) is 0 Å². The summed E-state index contributed by atoms with van der Waals surface area (Å²) in [6.07, 6.45) is 2.25. The molecule has 1 aromatic heterocycles. The number of unbranched alkanes of at least 4 members (excludes halogenated alkanes) is 1. The zero-order chi connectivity index (χ0) is 20.1. The molecule has 0 aliphatic heterocycles. The zero-order valence-corrected chi connectivity index (χ0v) is 16.4. The number of amides is 1.